The standard InChI is InChI=1S/C18H15Cl2N3O/c1-10(24)12-9-22-17-13(11-5-4-6-15(19)16(11)20)7-21-8-14(17)18(12)23(2)3/h4-9H,1-3H3. The van der Waals surface area contributed by atoms with Gasteiger partial charge in [0.25, 0.3) is 0 Å². The molecule has 24 heavy (non-hydrogen) atoms. The maximum Gasteiger partial charge on any atom is 0.163 e. The van der Waals surface area contributed by atoms with E-state index in [2.05, 4.69) is 9.97 Å². The van der Waals surface area contributed by atoms with Crippen molar-refractivity contribution >= 4 is 45.6 Å². The Kier molecular flexibility index (Phi) is 4.43. The fourth-order valence-electron chi connectivity index (χ4n) is 2.75. The first-order valence-corrected chi connectivity index (χ1v) is 8.06. The highest BCUT2D eigenvalue weighted by molar-refractivity contribution is 6.44. The van der Waals surface area contributed by atoms with E-state index in [9.17, 15) is 4.79 Å². The Morgan fingerprint density at radius 1 is 1.08 bits per heavy atom. The maximum atomic E-state index is 11.9. The quantitative estimate of drug-likeness (QED) is 0.625. The summed E-state index contributed by atoms with van der Waals surface area (Å²) < 4.78 is 0. The molecule has 0 bridgehead atoms. The van der Waals surface area contributed by atoms with Gasteiger partial charge in [-0.05, 0) is 13.0 Å². The number of halogens is 2. The van der Waals surface area contributed by atoms with Crippen LogP contribution in [0.2, 0.25) is 10.0 Å². The monoisotopic (exact) mass is 359 g/mol. The van der Waals surface area contributed by atoms with Crippen LogP contribution in [0, 0.1) is 0 Å². The van der Waals surface area contributed by atoms with Crippen molar-refractivity contribution in [3.05, 3.63) is 52.4 Å². The molecule has 3 aromatic rings. The molecule has 1 aromatic carbocycles. The number of ketones is 1. The summed E-state index contributed by atoms with van der Waals surface area (Å²) in [5.74, 6) is -0.0423. The summed E-state index contributed by atoms with van der Waals surface area (Å²) in [7, 11) is 3.78. The fourth-order valence-corrected chi connectivity index (χ4v) is 3.15. The first kappa shape index (κ1) is 16.7. The van der Waals surface area contributed by atoms with Gasteiger partial charge in [0.15, 0.2) is 5.78 Å². The number of aromatic nitrogens is 2. The summed E-state index contributed by atoms with van der Waals surface area (Å²) in [6, 6.07) is 5.44. The van der Waals surface area contributed by atoms with Crippen LogP contribution >= 0.6 is 23.2 Å². The van der Waals surface area contributed by atoms with Crippen LogP contribution in [0.4, 0.5) is 5.69 Å². The van der Waals surface area contributed by atoms with Crippen LogP contribution < -0.4 is 4.90 Å². The van der Waals surface area contributed by atoms with E-state index in [4.69, 9.17) is 23.2 Å². The first-order valence-electron chi connectivity index (χ1n) is 7.31. The lowest BCUT2D eigenvalue weighted by Gasteiger charge is -2.19. The predicted molar refractivity (Wildman–Crippen MR) is 99.3 cm³/mol. The highest BCUT2D eigenvalue weighted by Gasteiger charge is 2.18. The maximum absolute atomic E-state index is 11.9. The Bertz CT molecular complexity index is 954. The van der Waals surface area contributed by atoms with Gasteiger partial charge in [0, 0.05) is 49.2 Å². The van der Waals surface area contributed by atoms with E-state index in [1.807, 2.05) is 31.1 Å². The number of carbonyl (C=O) groups is 1. The summed E-state index contributed by atoms with van der Waals surface area (Å²) in [4.78, 5) is 22.7. The molecule has 3 rings (SSSR count). The van der Waals surface area contributed by atoms with Gasteiger partial charge in [-0.15, -0.1) is 0 Å². The van der Waals surface area contributed by atoms with E-state index in [0.29, 0.717) is 15.6 Å². The number of nitrogens with zero attached hydrogens (tertiary/aromatic N) is 3. The van der Waals surface area contributed by atoms with E-state index in [1.54, 1.807) is 24.7 Å². The molecule has 122 valence electrons. The summed E-state index contributed by atoms with van der Waals surface area (Å²) in [5.41, 5.74) is 3.61. The summed E-state index contributed by atoms with van der Waals surface area (Å²) in [5, 5.41) is 1.72. The average molecular weight is 360 g/mol. The van der Waals surface area contributed by atoms with E-state index in [1.165, 1.54) is 6.92 Å². The van der Waals surface area contributed by atoms with Gasteiger partial charge in [-0.3, -0.25) is 14.8 Å². The Morgan fingerprint density at radius 3 is 2.50 bits per heavy atom. The number of fused-ring (bicyclic) bond motifs is 1. The smallest absolute Gasteiger partial charge is 0.163 e. The Hall–Kier alpha value is -2.17. The number of hydrogen-bond acceptors (Lipinski definition) is 4. The molecule has 6 heteroatoms. The summed E-state index contributed by atoms with van der Waals surface area (Å²) in [6.45, 7) is 1.53. The zero-order valence-electron chi connectivity index (χ0n) is 13.5. The van der Waals surface area contributed by atoms with Crippen LogP contribution in [-0.2, 0) is 0 Å². The molecule has 0 fully saturated rings. The van der Waals surface area contributed by atoms with Crippen molar-refractivity contribution in [2.24, 2.45) is 0 Å². The van der Waals surface area contributed by atoms with Crippen LogP contribution in [0.5, 0.6) is 0 Å². The molecule has 2 aromatic heterocycles. The molecule has 0 aliphatic carbocycles. The average Bonchev–Trinajstić information content (AvgIpc) is 2.55. The molecule has 4 nitrogen and oxygen atoms in total. The minimum Gasteiger partial charge on any atom is -0.376 e. The van der Waals surface area contributed by atoms with E-state index in [0.717, 1.165) is 27.7 Å². The molecule has 0 atom stereocenters. The van der Waals surface area contributed by atoms with Crippen LogP contribution in [0.15, 0.2) is 36.8 Å². The third-order valence-electron chi connectivity index (χ3n) is 3.82. The number of anilines is 1. The fraction of sp³-hybridized carbons (Fsp3) is 0.167. The molecule has 0 saturated carbocycles. The van der Waals surface area contributed by atoms with E-state index < -0.39 is 0 Å². The first-order chi connectivity index (χ1) is 11.4. The van der Waals surface area contributed by atoms with Crippen molar-refractivity contribution in [1.29, 1.82) is 0 Å². The highest BCUT2D eigenvalue weighted by atomic mass is 35.5. The number of rotatable bonds is 3. The second kappa shape index (κ2) is 6.38. The normalized spacial score (nSPS) is 10.9. The van der Waals surface area contributed by atoms with Crippen LogP contribution in [0.1, 0.15) is 17.3 Å². The topological polar surface area (TPSA) is 46.1 Å². The Morgan fingerprint density at radius 2 is 1.83 bits per heavy atom. The summed E-state index contributed by atoms with van der Waals surface area (Å²) >= 11 is 12.5. The molecule has 0 aliphatic heterocycles. The SMILES string of the molecule is CC(=O)c1cnc2c(-c3cccc(Cl)c3Cl)cncc2c1N(C)C. The Balaban J connectivity index is 2.39. The van der Waals surface area contributed by atoms with E-state index >= 15 is 0 Å². The van der Waals surface area contributed by atoms with Gasteiger partial charge in [-0.1, -0.05) is 35.3 Å². The lowest BCUT2D eigenvalue weighted by Crippen LogP contribution is -2.14. The van der Waals surface area contributed by atoms with Gasteiger partial charge < -0.3 is 4.90 Å². The number of Topliss-reactive ketones (excluding diaryl/α,β-unsaturated/α-hetero) is 1. The van der Waals surface area contributed by atoms with E-state index in [-0.39, 0.29) is 5.78 Å². The second-order valence-corrected chi connectivity index (χ2v) is 6.44. The van der Waals surface area contributed by atoms with Crippen LogP contribution in [0.25, 0.3) is 22.0 Å². The van der Waals surface area contributed by atoms with Crippen LogP contribution in [-0.4, -0.2) is 29.8 Å². The highest BCUT2D eigenvalue weighted by Crippen LogP contribution is 2.38. The molecule has 0 amide bonds. The molecular weight excluding hydrogens is 345 g/mol. The zero-order valence-corrected chi connectivity index (χ0v) is 15.0. The van der Waals surface area contributed by atoms with Crippen molar-refractivity contribution in [2.75, 3.05) is 19.0 Å². The van der Waals surface area contributed by atoms with Crippen molar-refractivity contribution in [2.45, 2.75) is 6.92 Å². The summed E-state index contributed by atoms with van der Waals surface area (Å²) in [6.07, 6.45) is 5.02. The van der Waals surface area contributed by atoms with Crippen molar-refractivity contribution in [3.8, 4) is 11.1 Å². The lowest BCUT2D eigenvalue weighted by molar-refractivity contribution is 0.101. The molecule has 0 unspecified atom stereocenters. The number of carbonyl (C=O) groups excluding carboxylic acids is 1. The molecule has 2 heterocycles. The van der Waals surface area contributed by atoms with Crippen LogP contribution in [0.3, 0.4) is 0 Å². The van der Waals surface area contributed by atoms with Gasteiger partial charge in [0.2, 0.25) is 0 Å². The predicted octanol–water partition coefficient (Wildman–Crippen LogP) is 4.87. The van der Waals surface area contributed by atoms with Crippen molar-refractivity contribution in [3.63, 3.8) is 0 Å². The molecule has 0 saturated heterocycles. The molecular formula is C18H15Cl2N3O. The van der Waals surface area contributed by atoms with Gasteiger partial charge >= 0.3 is 0 Å². The molecule has 0 aliphatic rings. The number of benzene rings is 1. The van der Waals surface area contributed by atoms with Gasteiger partial charge in [-0.2, -0.15) is 0 Å². The lowest BCUT2D eigenvalue weighted by atomic mass is 10.0. The molecule has 0 spiro atoms. The third kappa shape index (κ3) is 2.72. The third-order valence-corrected chi connectivity index (χ3v) is 4.64. The van der Waals surface area contributed by atoms with Gasteiger partial charge in [0.1, 0.15) is 0 Å². The number of pyridine rings is 2. The van der Waals surface area contributed by atoms with Gasteiger partial charge in [0.05, 0.1) is 26.8 Å². The largest absolute Gasteiger partial charge is 0.376 e. The minimum atomic E-state index is -0.0423. The second-order valence-electron chi connectivity index (χ2n) is 5.66. The Labute approximate surface area is 150 Å². The molecule has 0 radical (unpaired) electrons. The molecule has 0 N–H and O–H groups in total. The minimum absolute atomic E-state index is 0.0423. The van der Waals surface area contributed by atoms with Gasteiger partial charge in [-0.25, -0.2) is 0 Å². The number of hydrogen-bond donors (Lipinski definition) is 0. The zero-order chi connectivity index (χ0) is 17.4. The van der Waals surface area contributed by atoms with Crippen molar-refractivity contribution < 1.29 is 4.79 Å². The van der Waals surface area contributed by atoms with Crippen molar-refractivity contribution in [1.82, 2.24) is 9.97 Å².